The van der Waals surface area contributed by atoms with Crippen molar-refractivity contribution in [3.05, 3.63) is 30.3 Å². The van der Waals surface area contributed by atoms with Gasteiger partial charge in [-0.25, -0.2) is 4.98 Å². The van der Waals surface area contributed by atoms with Crippen molar-refractivity contribution in [3.63, 3.8) is 0 Å². The van der Waals surface area contributed by atoms with E-state index in [4.69, 9.17) is 4.42 Å². The van der Waals surface area contributed by atoms with Gasteiger partial charge in [0.1, 0.15) is 0 Å². The SMILES string of the molecule is CC1CCn2c(cnc2-c2ccco2)C1. The molecule has 3 rings (SSSR count). The smallest absolute Gasteiger partial charge is 0.176 e. The summed E-state index contributed by atoms with van der Waals surface area (Å²) in [5.74, 6) is 2.62. The van der Waals surface area contributed by atoms with Gasteiger partial charge in [0.2, 0.25) is 0 Å². The second kappa shape index (κ2) is 3.26. The number of imidazole rings is 1. The number of rotatable bonds is 1. The third-order valence-corrected chi connectivity index (χ3v) is 3.08. The van der Waals surface area contributed by atoms with Crippen molar-refractivity contribution in [3.8, 4) is 11.6 Å². The molecule has 2 aromatic rings. The summed E-state index contributed by atoms with van der Waals surface area (Å²) in [6.45, 7) is 3.36. The van der Waals surface area contributed by atoms with E-state index in [9.17, 15) is 0 Å². The van der Waals surface area contributed by atoms with E-state index in [1.165, 1.54) is 12.1 Å². The molecule has 0 saturated heterocycles. The first-order chi connectivity index (χ1) is 7.34. The Morgan fingerprint density at radius 3 is 3.27 bits per heavy atom. The van der Waals surface area contributed by atoms with E-state index in [-0.39, 0.29) is 0 Å². The zero-order chi connectivity index (χ0) is 10.3. The third kappa shape index (κ3) is 1.39. The van der Waals surface area contributed by atoms with E-state index < -0.39 is 0 Å². The highest BCUT2D eigenvalue weighted by Crippen LogP contribution is 2.26. The molecule has 1 aliphatic rings. The molecular formula is C12H14N2O. The van der Waals surface area contributed by atoms with Crippen LogP contribution in [0.5, 0.6) is 0 Å². The van der Waals surface area contributed by atoms with E-state index in [0.29, 0.717) is 0 Å². The molecule has 0 radical (unpaired) electrons. The molecule has 3 heteroatoms. The number of nitrogens with zero attached hydrogens (tertiary/aromatic N) is 2. The first-order valence-corrected chi connectivity index (χ1v) is 5.43. The summed E-state index contributed by atoms with van der Waals surface area (Å²) >= 11 is 0. The van der Waals surface area contributed by atoms with Gasteiger partial charge in [-0.2, -0.15) is 0 Å². The number of fused-ring (bicyclic) bond motifs is 1. The summed E-state index contributed by atoms with van der Waals surface area (Å²) in [7, 11) is 0. The maximum atomic E-state index is 5.39. The maximum Gasteiger partial charge on any atom is 0.176 e. The molecule has 0 aromatic carbocycles. The quantitative estimate of drug-likeness (QED) is 0.712. The first kappa shape index (κ1) is 8.77. The average molecular weight is 202 g/mol. The summed E-state index contributed by atoms with van der Waals surface area (Å²) in [6.07, 6.45) is 6.04. The van der Waals surface area contributed by atoms with Crippen LogP contribution in [0, 0.1) is 5.92 Å². The number of hydrogen-bond acceptors (Lipinski definition) is 2. The Labute approximate surface area is 88.7 Å². The van der Waals surface area contributed by atoms with Crippen LogP contribution in [-0.4, -0.2) is 9.55 Å². The molecule has 15 heavy (non-hydrogen) atoms. The van der Waals surface area contributed by atoms with Crippen LogP contribution in [0.15, 0.2) is 29.0 Å². The second-order valence-electron chi connectivity index (χ2n) is 4.30. The lowest BCUT2D eigenvalue weighted by molar-refractivity contribution is 0.416. The Bertz CT molecular complexity index is 456. The van der Waals surface area contributed by atoms with Gasteiger partial charge in [-0.1, -0.05) is 6.92 Å². The topological polar surface area (TPSA) is 31.0 Å². The summed E-state index contributed by atoms with van der Waals surface area (Å²) in [6, 6.07) is 3.87. The molecule has 0 spiro atoms. The van der Waals surface area contributed by atoms with E-state index in [0.717, 1.165) is 30.5 Å². The fourth-order valence-electron chi connectivity index (χ4n) is 2.23. The minimum atomic E-state index is 0.777. The second-order valence-corrected chi connectivity index (χ2v) is 4.30. The van der Waals surface area contributed by atoms with Crippen molar-refractivity contribution < 1.29 is 4.42 Å². The van der Waals surface area contributed by atoms with Crippen molar-refractivity contribution in [2.75, 3.05) is 0 Å². The monoisotopic (exact) mass is 202 g/mol. The summed E-state index contributed by atoms with van der Waals surface area (Å²) in [4.78, 5) is 4.44. The van der Waals surface area contributed by atoms with Gasteiger partial charge >= 0.3 is 0 Å². The van der Waals surface area contributed by atoms with E-state index in [1.807, 2.05) is 18.3 Å². The van der Waals surface area contributed by atoms with Gasteiger partial charge in [0.15, 0.2) is 11.6 Å². The molecule has 0 saturated carbocycles. The normalized spacial score (nSPS) is 20.2. The zero-order valence-electron chi connectivity index (χ0n) is 8.81. The largest absolute Gasteiger partial charge is 0.461 e. The van der Waals surface area contributed by atoms with Crippen LogP contribution in [-0.2, 0) is 13.0 Å². The predicted octanol–water partition coefficient (Wildman–Crippen LogP) is 2.73. The van der Waals surface area contributed by atoms with Crippen LogP contribution >= 0.6 is 0 Å². The van der Waals surface area contributed by atoms with Gasteiger partial charge in [0.05, 0.1) is 6.26 Å². The van der Waals surface area contributed by atoms with Gasteiger partial charge in [0, 0.05) is 18.4 Å². The molecule has 0 amide bonds. The lowest BCUT2D eigenvalue weighted by atomic mass is 9.99. The fourth-order valence-corrected chi connectivity index (χ4v) is 2.23. The van der Waals surface area contributed by atoms with Crippen molar-refractivity contribution >= 4 is 0 Å². The number of aromatic nitrogens is 2. The summed E-state index contributed by atoms with van der Waals surface area (Å²) in [5, 5.41) is 0. The molecule has 0 bridgehead atoms. The zero-order valence-corrected chi connectivity index (χ0v) is 8.81. The van der Waals surface area contributed by atoms with Crippen LogP contribution in [0.1, 0.15) is 19.0 Å². The standard InChI is InChI=1S/C12H14N2O/c1-9-4-5-14-10(7-9)8-13-12(14)11-3-2-6-15-11/h2-3,6,8-9H,4-5,7H2,1H3. The van der Waals surface area contributed by atoms with Crippen LogP contribution in [0.3, 0.4) is 0 Å². The van der Waals surface area contributed by atoms with Gasteiger partial charge in [-0.15, -0.1) is 0 Å². The molecular weight excluding hydrogens is 188 g/mol. The molecule has 2 aromatic heterocycles. The Balaban J connectivity index is 2.05. The lowest BCUT2D eigenvalue weighted by Crippen LogP contribution is -2.17. The summed E-state index contributed by atoms with van der Waals surface area (Å²) < 4.78 is 7.66. The molecule has 1 unspecified atom stereocenters. The van der Waals surface area contributed by atoms with Crippen LogP contribution in [0.25, 0.3) is 11.6 Å². The number of furan rings is 1. The molecule has 78 valence electrons. The minimum absolute atomic E-state index is 0.777. The summed E-state index contributed by atoms with van der Waals surface area (Å²) in [5.41, 5.74) is 1.33. The van der Waals surface area contributed by atoms with Gasteiger partial charge < -0.3 is 8.98 Å². The van der Waals surface area contributed by atoms with Crippen molar-refractivity contribution in [1.82, 2.24) is 9.55 Å². The maximum absolute atomic E-state index is 5.39. The van der Waals surface area contributed by atoms with Gasteiger partial charge in [-0.3, -0.25) is 0 Å². The molecule has 3 heterocycles. The highest BCUT2D eigenvalue weighted by molar-refractivity contribution is 5.48. The fraction of sp³-hybridized carbons (Fsp3) is 0.417. The molecule has 3 nitrogen and oxygen atoms in total. The molecule has 1 aliphatic heterocycles. The predicted molar refractivity (Wildman–Crippen MR) is 57.4 cm³/mol. The lowest BCUT2D eigenvalue weighted by Gasteiger charge is -2.21. The first-order valence-electron chi connectivity index (χ1n) is 5.43. The van der Waals surface area contributed by atoms with Crippen molar-refractivity contribution in [2.45, 2.75) is 26.3 Å². The van der Waals surface area contributed by atoms with E-state index in [2.05, 4.69) is 16.5 Å². The average Bonchev–Trinajstić information content (AvgIpc) is 2.82. The Kier molecular flexibility index (Phi) is 1.91. The highest BCUT2D eigenvalue weighted by atomic mass is 16.3. The third-order valence-electron chi connectivity index (χ3n) is 3.08. The van der Waals surface area contributed by atoms with Gasteiger partial charge in [-0.05, 0) is 30.9 Å². The molecule has 1 atom stereocenters. The van der Waals surface area contributed by atoms with E-state index >= 15 is 0 Å². The Morgan fingerprint density at radius 2 is 2.47 bits per heavy atom. The van der Waals surface area contributed by atoms with E-state index in [1.54, 1.807) is 6.26 Å². The minimum Gasteiger partial charge on any atom is -0.461 e. The number of hydrogen-bond donors (Lipinski definition) is 0. The van der Waals surface area contributed by atoms with Crippen LogP contribution in [0.4, 0.5) is 0 Å². The van der Waals surface area contributed by atoms with Crippen molar-refractivity contribution in [1.29, 1.82) is 0 Å². The molecule has 0 fully saturated rings. The van der Waals surface area contributed by atoms with Crippen LogP contribution in [0.2, 0.25) is 0 Å². The molecule has 0 N–H and O–H groups in total. The van der Waals surface area contributed by atoms with Gasteiger partial charge in [0.25, 0.3) is 0 Å². The Hall–Kier alpha value is -1.51. The van der Waals surface area contributed by atoms with Crippen molar-refractivity contribution in [2.24, 2.45) is 5.92 Å². The molecule has 0 aliphatic carbocycles. The Morgan fingerprint density at radius 1 is 1.53 bits per heavy atom. The van der Waals surface area contributed by atoms with Crippen LogP contribution < -0.4 is 0 Å². The highest BCUT2D eigenvalue weighted by Gasteiger charge is 2.20.